The summed E-state index contributed by atoms with van der Waals surface area (Å²) in [6.07, 6.45) is 0.999. The first kappa shape index (κ1) is 15.2. The van der Waals surface area contributed by atoms with Gasteiger partial charge in [0.2, 0.25) is 0 Å². The summed E-state index contributed by atoms with van der Waals surface area (Å²) in [4.78, 5) is 16.8. The molecule has 0 spiro atoms. The maximum atomic E-state index is 13.8. The monoisotopic (exact) mass is 308 g/mol. The third kappa shape index (κ3) is 2.80. The molecule has 22 heavy (non-hydrogen) atoms. The fraction of sp³-hybridized carbons (Fsp3) is 0.562. The molecule has 0 aliphatic carbocycles. The van der Waals surface area contributed by atoms with Gasteiger partial charge in [-0.25, -0.2) is 4.39 Å². The van der Waals surface area contributed by atoms with E-state index in [1.165, 1.54) is 19.2 Å². The molecule has 1 aromatic rings. The van der Waals surface area contributed by atoms with Gasteiger partial charge in [0.25, 0.3) is 5.91 Å². The maximum Gasteiger partial charge on any atom is 0.254 e. The molecule has 0 bridgehead atoms. The number of hydrogen-bond acceptors (Lipinski definition) is 4. The van der Waals surface area contributed by atoms with Crippen molar-refractivity contribution >= 4 is 5.91 Å². The molecule has 2 heterocycles. The van der Waals surface area contributed by atoms with Crippen molar-refractivity contribution in [2.75, 3.05) is 40.4 Å². The molecule has 5 nitrogen and oxygen atoms in total. The number of likely N-dealkylation sites (tertiary alicyclic amines) is 1. The average molecular weight is 308 g/mol. The molecule has 3 rings (SSSR count). The van der Waals surface area contributed by atoms with E-state index in [0.29, 0.717) is 18.7 Å². The van der Waals surface area contributed by atoms with Crippen LogP contribution in [0.1, 0.15) is 16.8 Å². The number of carbonyl (C=O) groups is 1. The molecular formula is C16H21FN2O3. The van der Waals surface area contributed by atoms with Gasteiger partial charge in [-0.15, -0.1) is 0 Å². The van der Waals surface area contributed by atoms with Crippen LogP contribution in [-0.2, 0) is 4.74 Å². The van der Waals surface area contributed by atoms with Crippen LogP contribution in [0.2, 0.25) is 0 Å². The Morgan fingerprint density at radius 2 is 2.23 bits per heavy atom. The van der Waals surface area contributed by atoms with Crippen LogP contribution in [0.3, 0.4) is 0 Å². The lowest BCUT2D eigenvalue weighted by atomic mass is 9.98. The number of likely N-dealkylation sites (N-methyl/N-ethyl adjacent to an activating group) is 1. The van der Waals surface area contributed by atoms with Crippen molar-refractivity contribution in [3.05, 3.63) is 29.6 Å². The minimum atomic E-state index is -0.515. The predicted molar refractivity (Wildman–Crippen MR) is 79.6 cm³/mol. The quantitative estimate of drug-likeness (QED) is 0.828. The SMILES string of the molecule is COc1ccc(C(=O)N2CCO[C@H]3CCN(C)C[C@@H]32)cc1F. The second kappa shape index (κ2) is 6.22. The molecule has 120 valence electrons. The smallest absolute Gasteiger partial charge is 0.254 e. The number of amides is 1. The normalized spacial score (nSPS) is 25.7. The highest BCUT2D eigenvalue weighted by Crippen LogP contribution is 2.25. The molecule has 1 aromatic carbocycles. The molecule has 2 saturated heterocycles. The zero-order valence-electron chi connectivity index (χ0n) is 12.9. The lowest BCUT2D eigenvalue weighted by Crippen LogP contribution is -2.60. The fourth-order valence-electron chi connectivity index (χ4n) is 3.25. The second-order valence-corrected chi connectivity index (χ2v) is 5.88. The molecule has 0 saturated carbocycles. The molecule has 2 aliphatic rings. The van der Waals surface area contributed by atoms with Gasteiger partial charge in [0.1, 0.15) is 0 Å². The highest BCUT2D eigenvalue weighted by atomic mass is 19.1. The van der Waals surface area contributed by atoms with E-state index < -0.39 is 5.82 Å². The van der Waals surface area contributed by atoms with E-state index in [1.807, 2.05) is 11.9 Å². The first-order valence-corrected chi connectivity index (χ1v) is 7.55. The van der Waals surface area contributed by atoms with Gasteiger partial charge in [0, 0.05) is 25.2 Å². The number of carbonyl (C=O) groups excluding carboxylic acids is 1. The number of benzene rings is 1. The molecule has 2 fully saturated rings. The molecule has 1 amide bonds. The number of ether oxygens (including phenoxy) is 2. The average Bonchev–Trinajstić information content (AvgIpc) is 2.53. The van der Waals surface area contributed by atoms with Gasteiger partial charge in [-0.05, 0) is 31.7 Å². The highest BCUT2D eigenvalue weighted by molar-refractivity contribution is 5.94. The molecule has 6 heteroatoms. The summed E-state index contributed by atoms with van der Waals surface area (Å²) < 4.78 is 24.5. The summed E-state index contributed by atoms with van der Waals surface area (Å²) in [5, 5.41) is 0. The molecule has 0 radical (unpaired) electrons. The number of nitrogens with zero attached hydrogens (tertiary/aromatic N) is 2. The van der Waals surface area contributed by atoms with Gasteiger partial charge >= 0.3 is 0 Å². The van der Waals surface area contributed by atoms with Gasteiger partial charge in [-0.2, -0.15) is 0 Å². The summed E-state index contributed by atoms with van der Waals surface area (Å²) in [6.45, 7) is 2.84. The summed E-state index contributed by atoms with van der Waals surface area (Å²) in [5.74, 6) is -0.511. The molecule has 2 aliphatic heterocycles. The van der Waals surface area contributed by atoms with Crippen LogP contribution < -0.4 is 4.74 Å². The highest BCUT2D eigenvalue weighted by Gasteiger charge is 2.38. The van der Waals surface area contributed by atoms with Crippen LogP contribution in [0.4, 0.5) is 4.39 Å². The van der Waals surface area contributed by atoms with Crippen molar-refractivity contribution in [2.24, 2.45) is 0 Å². The van der Waals surface area contributed by atoms with Gasteiger partial charge in [-0.3, -0.25) is 4.79 Å². The second-order valence-electron chi connectivity index (χ2n) is 5.88. The number of rotatable bonds is 2. The van der Waals surface area contributed by atoms with E-state index in [-0.39, 0.29) is 23.8 Å². The van der Waals surface area contributed by atoms with E-state index in [0.717, 1.165) is 19.5 Å². The predicted octanol–water partition coefficient (Wildman–Crippen LogP) is 1.38. The maximum absolute atomic E-state index is 13.8. The van der Waals surface area contributed by atoms with Crippen molar-refractivity contribution in [3.63, 3.8) is 0 Å². The fourth-order valence-corrected chi connectivity index (χ4v) is 3.25. The minimum absolute atomic E-state index is 0.0326. The third-order valence-corrected chi connectivity index (χ3v) is 4.45. The van der Waals surface area contributed by atoms with Crippen LogP contribution >= 0.6 is 0 Å². The lowest BCUT2D eigenvalue weighted by molar-refractivity contribution is -0.0869. The molecular weight excluding hydrogens is 287 g/mol. The number of piperidine rings is 1. The van der Waals surface area contributed by atoms with Crippen LogP contribution in [0, 0.1) is 5.82 Å². The lowest BCUT2D eigenvalue weighted by Gasteiger charge is -2.46. The van der Waals surface area contributed by atoms with E-state index >= 15 is 0 Å². The summed E-state index contributed by atoms with van der Waals surface area (Å²) in [7, 11) is 3.45. The van der Waals surface area contributed by atoms with Crippen LogP contribution in [0.15, 0.2) is 18.2 Å². The van der Waals surface area contributed by atoms with E-state index in [2.05, 4.69) is 4.90 Å². The number of halogens is 1. The Balaban J connectivity index is 1.82. The molecule has 0 N–H and O–H groups in total. The van der Waals surface area contributed by atoms with Gasteiger partial charge in [-0.1, -0.05) is 0 Å². The van der Waals surface area contributed by atoms with E-state index in [9.17, 15) is 9.18 Å². The van der Waals surface area contributed by atoms with Gasteiger partial charge in [0.15, 0.2) is 11.6 Å². The number of methoxy groups -OCH3 is 1. The van der Waals surface area contributed by atoms with Crippen molar-refractivity contribution in [1.29, 1.82) is 0 Å². The zero-order valence-corrected chi connectivity index (χ0v) is 12.9. The Kier molecular flexibility index (Phi) is 4.31. The molecule has 2 atom stereocenters. The van der Waals surface area contributed by atoms with Crippen molar-refractivity contribution < 1.29 is 18.7 Å². The Bertz CT molecular complexity index is 566. The van der Waals surface area contributed by atoms with E-state index in [1.54, 1.807) is 6.07 Å². The first-order valence-electron chi connectivity index (χ1n) is 7.55. The standard InChI is InChI=1S/C16H21FN2O3/c1-18-6-5-15-13(10-18)19(7-8-22-15)16(20)11-3-4-14(21-2)12(17)9-11/h3-4,9,13,15H,5-8,10H2,1-2H3/t13-,15-/m0/s1. The van der Waals surface area contributed by atoms with Crippen molar-refractivity contribution in [2.45, 2.75) is 18.6 Å². The summed E-state index contributed by atoms with van der Waals surface area (Å²) in [6, 6.07) is 4.39. The van der Waals surface area contributed by atoms with Crippen LogP contribution in [-0.4, -0.2) is 68.3 Å². The molecule has 0 unspecified atom stereocenters. The van der Waals surface area contributed by atoms with Gasteiger partial charge < -0.3 is 19.3 Å². The molecule has 0 aromatic heterocycles. The zero-order chi connectivity index (χ0) is 15.7. The Morgan fingerprint density at radius 1 is 1.41 bits per heavy atom. The minimum Gasteiger partial charge on any atom is -0.494 e. The van der Waals surface area contributed by atoms with Crippen molar-refractivity contribution in [1.82, 2.24) is 9.80 Å². The Hall–Kier alpha value is -1.66. The largest absolute Gasteiger partial charge is 0.494 e. The Labute approximate surface area is 129 Å². The number of hydrogen-bond donors (Lipinski definition) is 0. The van der Waals surface area contributed by atoms with Crippen molar-refractivity contribution in [3.8, 4) is 5.75 Å². The van der Waals surface area contributed by atoms with Gasteiger partial charge in [0.05, 0.1) is 25.9 Å². The number of fused-ring (bicyclic) bond motifs is 1. The number of morpholine rings is 1. The first-order chi connectivity index (χ1) is 10.6. The Morgan fingerprint density at radius 3 is 2.95 bits per heavy atom. The summed E-state index contributed by atoms with van der Waals surface area (Å²) >= 11 is 0. The third-order valence-electron chi connectivity index (χ3n) is 4.45. The van der Waals surface area contributed by atoms with Crippen LogP contribution in [0.5, 0.6) is 5.75 Å². The topological polar surface area (TPSA) is 42.0 Å². The summed E-state index contributed by atoms with van der Waals surface area (Å²) in [5.41, 5.74) is 0.354. The van der Waals surface area contributed by atoms with Crippen LogP contribution in [0.25, 0.3) is 0 Å². The van der Waals surface area contributed by atoms with E-state index in [4.69, 9.17) is 9.47 Å².